The van der Waals surface area contributed by atoms with E-state index in [1.165, 1.54) is 69.9 Å². The third-order valence-electron chi connectivity index (χ3n) is 9.13. The van der Waals surface area contributed by atoms with E-state index in [1.54, 1.807) is 26.4 Å². The van der Waals surface area contributed by atoms with Gasteiger partial charge in [0, 0.05) is 43.6 Å². The van der Waals surface area contributed by atoms with Gasteiger partial charge in [0.15, 0.2) is 9.84 Å². The minimum absolute atomic E-state index is 0.0496. The summed E-state index contributed by atoms with van der Waals surface area (Å²) in [6, 6.07) is 0. The fourth-order valence-corrected chi connectivity index (χ4v) is 7.07. The normalized spacial score (nSPS) is 13.1. The molecular formula is C38H68N6O6S. The maximum atomic E-state index is 12.2. The predicted octanol–water partition coefficient (Wildman–Crippen LogP) is 6.51. The summed E-state index contributed by atoms with van der Waals surface area (Å²) in [5.41, 5.74) is 8.05. The van der Waals surface area contributed by atoms with Crippen molar-refractivity contribution < 1.29 is 27.6 Å². The smallest absolute Gasteiger partial charge is 0.220 e. The lowest BCUT2D eigenvalue weighted by atomic mass is 10.0. The number of aromatic nitrogens is 2. The van der Waals surface area contributed by atoms with Gasteiger partial charge in [0.25, 0.3) is 0 Å². The first-order valence-corrected chi connectivity index (χ1v) is 21.3. The molecule has 4 N–H and O–H groups in total. The Hall–Kier alpha value is -2.93. The quantitative estimate of drug-likeness (QED) is 0.0619. The Morgan fingerprint density at radius 2 is 1.41 bits per heavy atom. The highest BCUT2D eigenvalue weighted by molar-refractivity contribution is 7.92. The van der Waals surface area contributed by atoms with Crippen LogP contribution >= 0.6 is 0 Å². The molecule has 1 aliphatic heterocycles. The van der Waals surface area contributed by atoms with Gasteiger partial charge in [-0.05, 0) is 58.8 Å². The number of sulfone groups is 1. The second-order valence-electron chi connectivity index (χ2n) is 14.1. The summed E-state index contributed by atoms with van der Waals surface area (Å²) >= 11 is 0. The molecule has 0 saturated carbocycles. The molecule has 1 aromatic rings. The summed E-state index contributed by atoms with van der Waals surface area (Å²) in [6.45, 7) is 6.50. The summed E-state index contributed by atoms with van der Waals surface area (Å²) in [4.78, 5) is 52.5. The molecule has 0 radical (unpaired) electrons. The SMILES string of the molecule is CC(=O)CCc1cnc[nH]1.CC(=O)[C@H](C)CCCCNC(=O)CCCS(=O)(=O)CC(=O)CCCCCCCCCCCCCCCC1=NNNC1. The molecule has 2 heterocycles. The molecule has 13 heteroatoms. The molecule has 1 amide bonds. The number of imidazole rings is 1. The summed E-state index contributed by atoms with van der Waals surface area (Å²) in [5.74, 6) is -0.472. The lowest BCUT2D eigenvalue weighted by Crippen LogP contribution is -2.25. The van der Waals surface area contributed by atoms with Crippen molar-refractivity contribution in [3.63, 3.8) is 0 Å². The van der Waals surface area contributed by atoms with E-state index in [0.717, 1.165) is 63.6 Å². The topological polar surface area (TPSA) is 180 Å². The lowest BCUT2D eigenvalue weighted by Gasteiger charge is -2.08. The number of H-pyrrole nitrogens is 1. The molecule has 1 aliphatic rings. The summed E-state index contributed by atoms with van der Waals surface area (Å²) in [7, 11) is -3.47. The van der Waals surface area contributed by atoms with Crippen LogP contribution in [0.1, 0.15) is 161 Å². The average Bonchev–Trinajstić information content (AvgIpc) is 3.80. The van der Waals surface area contributed by atoms with E-state index in [9.17, 15) is 27.6 Å². The van der Waals surface area contributed by atoms with Crippen molar-refractivity contribution in [1.82, 2.24) is 26.2 Å². The van der Waals surface area contributed by atoms with Gasteiger partial charge < -0.3 is 15.1 Å². The zero-order valence-electron chi connectivity index (χ0n) is 31.9. The fourth-order valence-electron chi connectivity index (χ4n) is 5.71. The van der Waals surface area contributed by atoms with Crippen molar-refractivity contribution in [3.05, 3.63) is 18.2 Å². The highest BCUT2D eigenvalue weighted by atomic mass is 32.2. The first-order chi connectivity index (χ1) is 24.5. The summed E-state index contributed by atoms with van der Waals surface area (Å²) < 4.78 is 24.5. The predicted molar refractivity (Wildman–Crippen MR) is 205 cm³/mol. The number of amides is 1. The molecule has 51 heavy (non-hydrogen) atoms. The zero-order chi connectivity index (χ0) is 37.6. The first-order valence-electron chi connectivity index (χ1n) is 19.5. The van der Waals surface area contributed by atoms with Crippen LogP contribution in [0.5, 0.6) is 0 Å². The molecule has 1 atom stereocenters. The Balaban J connectivity index is 0.00000111. The molecule has 1 aromatic heterocycles. The summed E-state index contributed by atoms with van der Waals surface area (Å²) in [6.07, 6.45) is 24.6. The number of aromatic amines is 1. The Kier molecular flexibility index (Phi) is 26.8. The van der Waals surface area contributed by atoms with E-state index in [0.29, 0.717) is 19.4 Å². The highest BCUT2D eigenvalue weighted by Crippen LogP contribution is 2.14. The van der Waals surface area contributed by atoms with E-state index in [1.807, 2.05) is 6.92 Å². The van der Waals surface area contributed by atoms with Gasteiger partial charge in [-0.2, -0.15) is 5.10 Å². The van der Waals surface area contributed by atoms with Gasteiger partial charge in [-0.15, -0.1) is 0 Å². The monoisotopic (exact) mass is 736 g/mol. The number of carbonyl (C=O) groups excluding carboxylic acids is 4. The number of unbranched alkanes of at least 4 members (excludes halogenated alkanes) is 13. The Bertz CT molecular complexity index is 1240. The van der Waals surface area contributed by atoms with Crippen molar-refractivity contribution in [3.8, 4) is 0 Å². The number of hydrogen-bond donors (Lipinski definition) is 4. The fraction of sp³-hybridized carbons (Fsp3) is 0.789. The van der Waals surface area contributed by atoms with Crippen molar-refractivity contribution in [1.29, 1.82) is 0 Å². The molecule has 12 nitrogen and oxygen atoms in total. The third-order valence-corrected chi connectivity index (χ3v) is 10.8. The number of ketones is 3. The van der Waals surface area contributed by atoms with Crippen molar-refractivity contribution in [2.45, 2.75) is 162 Å². The van der Waals surface area contributed by atoms with Crippen LogP contribution in [-0.2, 0) is 35.4 Å². The summed E-state index contributed by atoms with van der Waals surface area (Å²) in [5, 5.41) is 6.98. The molecule has 0 fully saturated rings. The van der Waals surface area contributed by atoms with E-state index >= 15 is 0 Å². The first kappa shape index (κ1) is 46.1. The minimum atomic E-state index is -3.47. The van der Waals surface area contributed by atoms with Crippen LogP contribution in [0.2, 0.25) is 0 Å². The average molecular weight is 737 g/mol. The number of carbonyl (C=O) groups is 4. The molecule has 0 saturated heterocycles. The van der Waals surface area contributed by atoms with Gasteiger partial charge in [0.05, 0.1) is 24.3 Å². The molecule has 0 bridgehead atoms. The number of nitrogens with zero attached hydrogens (tertiary/aromatic N) is 2. The maximum Gasteiger partial charge on any atom is 0.220 e. The van der Waals surface area contributed by atoms with Gasteiger partial charge in [0.1, 0.15) is 23.1 Å². The highest BCUT2D eigenvalue weighted by Gasteiger charge is 2.17. The Morgan fingerprint density at radius 3 is 1.96 bits per heavy atom. The molecular weight excluding hydrogens is 669 g/mol. The Morgan fingerprint density at radius 1 is 0.784 bits per heavy atom. The van der Waals surface area contributed by atoms with E-state index in [-0.39, 0.29) is 47.8 Å². The second kappa shape index (κ2) is 29.6. The van der Waals surface area contributed by atoms with E-state index in [2.05, 4.69) is 31.3 Å². The molecule has 0 unspecified atom stereocenters. The molecule has 0 aliphatic carbocycles. The van der Waals surface area contributed by atoms with Gasteiger partial charge in [0.2, 0.25) is 5.91 Å². The standard InChI is InChI=1S/C31H58N4O5S.C7H10N2O/c1-27(28(2)36)19-16-17-23-32-31(38)22-18-24-41(39,40)26-30(37)21-15-13-11-9-7-5-3-4-6-8-10-12-14-20-29-25-33-35-34-29;1-6(10)2-3-7-4-8-5-9-7/h27,33,35H,3-26H2,1-2H3,(H,32,38);4-5H,2-3H2,1H3,(H,8,9)/t27-;/m1./s1. The van der Waals surface area contributed by atoms with Crippen LogP contribution < -0.4 is 16.3 Å². The van der Waals surface area contributed by atoms with Crippen molar-refractivity contribution in [2.75, 3.05) is 24.6 Å². The lowest BCUT2D eigenvalue weighted by molar-refractivity contribution is -0.121. The van der Waals surface area contributed by atoms with E-state index in [4.69, 9.17) is 0 Å². The molecule has 0 spiro atoms. The van der Waals surface area contributed by atoms with Gasteiger partial charge >= 0.3 is 0 Å². The number of hydrazone groups is 1. The van der Waals surface area contributed by atoms with Crippen molar-refractivity contribution >= 4 is 38.8 Å². The molecule has 0 aromatic carbocycles. The largest absolute Gasteiger partial charge is 0.356 e. The van der Waals surface area contributed by atoms with Crippen LogP contribution in [0.4, 0.5) is 0 Å². The van der Waals surface area contributed by atoms with Crippen LogP contribution in [0.3, 0.4) is 0 Å². The van der Waals surface area contributed by atoms with Crippen LogP contribution in [0, 0.1) is 5.92 Å². The van der Waals surface area contributed by atoms with Crippen molar-refractivity contribution in [2.24, 2.45) is 11.0 Å². The minimum Gasteiger partial charge on any atom is -0.356 e. The number of hydrazine groups is 1. The number of Topliss-reactive ketones (excluding diaryl/α,β-unsaturated/α-hetero) is 3. The maximum absolute atomic E-state index is 12.2. The number of hydrogen-bond acceptors (Lipinski definition) is 10. The third kappa shape index (κ3) is 28.4. The zero-order valence-corrected chi connectivity index (χ0v) is 32.7. The van der Waals surface area contributed by atoms with Gasteiger partial charge in [-0.3, -0.25) is 14.4 Å². The van der Waals surface area contributed by atoms with Gasteiger partial charge in [-0.1, -0.05) is 84.0 Å². The van der Waals surface area contributed by atoms with Crippen LogP contribution in [-0.4, -0.2) is 71.9 Å². The molecule has 292 valence electrons. The van der Waals surface area contributed by atoms with Crippen LogP contribution in [0.15, 0.2) is 17.6 Å². The Labute approximate surface area is 307 Å². The number of rotatable bonds is 31. The second-order valence-corrected chi connectivity index (χ2v) is 16.3. The van der Waals surface area contributed by atoms with E-state index < -0.39 is 15.6 Å². The number of nitrogens with one attached hydrogen (secondary N) is 4. The van der Waals surface area contributed by atoms with Gasteiger partial charge in [-0.25, -0.2) is 24.4 Å². The number of aryl methyl sites for hydroxylation is 1. The molecule has 2 rings (SSSR count). The van der Waals surface area contributed by atoms with Crippen LogP contribution in [0.25, 0.3) is 0 Å².